The smallest absolute Gasteiger partial charge is 0.427 e. The first kappa shape index (κ1) is 43.6. The summed E-state index contributed by atoms with van der Waals surface area (Å²) in [5.74, 6) is -6.53. The predicted molar refractivity (Wildman–Crippen MR) is 193 cm³/mol. The first-order chi connectivity index (χ1) is 25.3. The van der Waals surface area contributed by atoms with Gasteiger partial charge in [-0.15, -0.1) is 23.2 Å². The van der Waals surface area contributed by atoms with Crippen molar-refractivity contribution in [1.29, 1.82) is 0 Å². The van der Waals surface area contributed by atoms with E-state index in [1.807, 2.05) is 0 Å². The fraction of sp³-hybridized carbons (Fsp3) is 0.639. The lowest BCUT2D eigenvalue weighted by Gasteiger charge is -2.38. The number of rotatable bonds is 14. The van der Waals surface area contributed by atoms with E-state index in [4.69, 9.17) is 23.2 Å². The molecule has 1 aliphatic heterocycles. The van der Waals surface area contributed by atoms with Gasteiger partial charge in [0, 0.05) is 32.5 Å². The average Bonchev–Trinajstić information content (AvgIpc) is 3.93. The molecule has 2 saturated carbocycles. The summed E-state index contributed by atoms with van der Waals surface area (Å²) in [6.07, 6.45) is -4.89. The molecule has 1 aromatic rings. The van der Waals surface area contributed by atoms with Gasteiger partial charge >= 0.3 is 12.3 Å². The molecule has 0 bridgehead atoms. The summed E-state index contributed by atoms with van der Waals surface area (Å²) in [7, 11) is 3.03. The molecule has 3 aliphatic rings. The second-order valence-electron chi connectivity index (χ2n) is 16.0. The SMILES string of the molecule is CN(C)C(=O)C(NC(=O)CNC(=O)C(=O)[C@H](CC1CC1)NC(=O)[C@@H]1[C@@H]2[C@H](CN1C(=O)[C@@H](NC(=O)OC(C)(C)C(F)(F)F)C(C)(C)C)C2(Cl)Cl)c1ccccc1. The molecule has 1 unspecified atom stereocenters. The average molecular weight is 820 g/mol. The molecule has 2 aliphatic carbocycles. The molecule has 55 heavy (non-hydrogen) atoms. The Labute approximate surface area is 326 Å². The van der Waals surface area contributed by atoms with Crippen LogP contribution in [0, 0.1) is 23.2 Å². The van der Waals surface area contributed by atoms with Crippen LogP contribution in [0.5, 0.6) is 0 Å². The van der Waals surface area contributed by atoms with E-state index in [2.05, 4.69) is 26.0 Å². The number of likely N-dealkylation sites (tertiary alicyclic amines) is 1. The van der Waals surface area contributed by atoms with Gasteiger partial charge in [-0.25, -0.2) is 4.79 Å². The monoisotopic (exact) mass is 818 g/mol. The van der Waals surface area contributed by atoms with Crippen molar-refractivity contribution >= 4 is 64.6 Å². The molecule has 4 rings (SSSR count). The number of hydrogen-bond donors (Lipinski definition) is 4. The summed E-state index contributed by atoms with van der Waals surface area (Å²) in [5.41, 5.74) is -3.48. The second kappa shape index (κ2) is 16.2. The van der Waals surface area contributed by atoms with Crippen LogP contribution in [-0.4, -0.2) is 113 Å². The molecule has 304 valence electrons. The van der Waals surface area contributed by atoms with E-state index in [1.165, 1.54) is 19.0 Å². The molecule has 0 radical (unpaired) electrons. The first-order valence-electron chi connectivity index (χ1n) is 17.7. The third-order valence-electron chi connectivity index (χ3n) is 9.95. The number of ketones is 1. The van der Waals surface area contributed by atoms with Crippen molar-refractivity contribution < 1.29 is 51.5 Å². The quantitative estimate of drug-likeness (QED) is 0.163. The minimum absolute atomic E-state index is 0.00517. The van der Waals surface area contributed by atoms with Crippen molar-refractivity contribution in [3.05, 3.63) is 35.9 Å². The normalized spacial score (nSPS) is 21.9. The lowest BCUT2D eigenvalue weighted by Crippen LogP contribution is -2.61. The number of benzene rings is 1. The molecule has 19 heteroatoms. The number of nitrogens with one attached hydrogen (secondary N) is 4. The van der Waals surface area contributed by atoms with E-state index in [1.54, 1.807) is 51.1 Å². The van der Waals surface area contributed by atoms with Crippen LogP contribution in [0.25, 0.3) is 0 Å². The summed E-state index contributed by atoms with van der Waals surface area (Å²) >= 11 is 12.9. The van der Waals surface area contributed by atoms with E-state index in [0.29, 0.717) is 19.4 Å². The molecular formula is C36H47Cl2F3N6O8. The summed E-state index contributed by atoms with van der Waals surface area (Å²) in [6.45, 7) is 5.14. The maximum atomic E-state index is 14.1. The van der Waals surface area contributed by atoms with Crippen LogP contribution in [0.2, 0.25) is 0 Å². The number of Topliss-reactive ketones (excluding diaryl/α,β-unsaturated/α-hetero) is 1. The Hall–Kier alpha value is -4.12. The molecule has 1 saturated heterocycles. The second-order valence-corrected chi connectivity index (χ2v) is 17.5. The van der Waals surface area contributed by atoms with Gasteiger partial charge in [-0.3, -0.25) is 28.8 Å². The largest absolute Gasteiger partial charge is 0.434 e. The van der Waals surface area contributed by atoms with Crippen molar-refractivity contribution in [1.82, 2.24) is 31.1 Å². The summed E-state index contributed by atoms with van der Waals surface area (Å²) in [6, 6.07) is 3.11. The predicted octanol–water partition coefficient (Wildman–Crippen LogP) is 3.01. The van der Waals surface area contributed by atoms with Gasteiger partial charge in [0.15, 0.2) is 0 Å². The number of alkyl halides is 5. The van der Waals surface area contributed by atoms with Gasteiger partial charge in [-0.2, -0.15) is 13.2 Å². The molecule has 4 N–H and O–H groups in total. The van der Waals surface area contributed by atoms with Gasteiger partial charge in [0.05, 0.1) is 12.6 Å². The number of carbonyl (C=O) groups is 7. The van der Waals surface area contributed by atoms with Crippen molar-refractivity contribution in [2.45, 2.75) is 94.2 Å². The zero-order valence-electron chi connectivity index (χ0n) is 31.5. The van der Waals surface area contributed by atoms with Crippen molar-refractivity contribution in [2.24, 2.45) is 23.2 Å². The number of amides is 6. The molecule has 14 nitrogen and oxygen atoms in total. The van der Waals surface area contributed by atoms with Crippen LogP contribution in [0.3, 0.4) is 0 Å². The van der Waals surface area contributed by atoms with Crippen molar-refractivity contribution in [3.63, 3.8) is 0 Å². The highest BCUT2D eigenvalue weighted by molar-refractivity contribution is 6.51. The number of ether oxygens (including phenoxy) is 1. The van der Waals surface area contributed by atoms with Gasteiger partial charge < -0.3 is 35.8 Å². The van der Waals surface area contributed by atoms with Crippen LogP contribution in [0.15, 0.2) is 30.3 Å². The van der Waals surface area contributed by atoms with Crippen LogP contribution in [-0.2, 0) is 33.5 Å². The van der Waals surface area contributed by atoms with Crippen LogP contribution in [0.4, 0.5) is 18.0 Å². The van der Waals surface area contributed by atoms with Crippen LogP contribution >= 0.6 is 23.2 Å². The first-order valence-corrected chi connectivity index (χ1v) is 18.5. The maximum Gasteiger partial charge on any atom is 0.427 e. The molecule has 6 atom stereocenters. The fourth-order valence-corrected chi connectivity index (χ4v) is 7.20. The number of hydrogen-bond acceptors (Lipinski definition) is 8. The third kappa shape index (κ3) is 10.2. The van der Waals surface area contributed by atoms with Gasteiger partial charge in [0.25, 0.3) is 5.91 Å². The molecule has 3 fully saturated rings. The molecule has 0 aromatic heterocycles. The number of fused-ring (bicyclic) bond motifs is 1. The van der Waals surface area contributed by atoms with Crippen LogP contribution in [0.1, 0.15) is 65.5 Å². The molecule has 0 spiro atoms. The van der Waals surface area contributed by atoms with E-state index in [0.717, 1.165) is 17.7 Å². The molecule has 6 amide bonds. The van der Waals surface area contributed by atoms with Crippen LogP contribution < -0.4 is 21.3 Å². The van der Waals surface area contributed by atoms with E-state index in [9.17, 15) is 46.7 Å². The zero-order chi connectivity index (χ0) is 41.4. The number of piperidine rings is 1. The van der Waals surface area contributed by atoms with E-state index >= 15 is 0 Å². The number of alkyl carbamates (subject to hydrolysis) is 1. The summed E-state index contributed by atoms with van der Waals surface area (Å²) in [5, 5.41) is 9.61. The van der Waals surface area contributed by atoms with E-state index in [-0.39, 0.29) is 18.9 Å². The lowest BCUT2D eigenvalue weighted by atomic mass is 9.85. The minimum Gasteiger partial charge on any atom is -0.434 e. The Balaban J connectivity index is 1.47. The number of halogens is 5. The van der Waals surface area contributed by atoms with Gasteiger partial charge in [0.1, 0.15) is 22.5 Å². The van der Waals surface area contributed by atoms with Gasteiger partial charge in [0.2, 0.25) is 35.0 Å². The Morgan fingerprint density at radius 2 is 1.55 bits per heavy atom. The Morgan fingerprint density at radius 3 is 2.07 bits per heavy atom. The van der Waals surface area contributed by atoms with Crippen molar-refractivity contribution in [3.8, 4) is 0 Å². The summed E-state index contributed by atoms with van der Waals surface area (Å²) < 4.78 is 43.5. The topological polar surface area (TPSA) is 183 Å². The summed E-state index contributed by atoms with van der Waals surface area (Å²) in [4.78, 5) is 95.5. The highest BCUT2D eigenvalue weighted by atomic mass is 35.5. The third-order valence-corrected chi connectivity index (χ3v) is 11.0. The Bertz CT molecular complexity index is 1680. The highest BCUT2D eigenvalue weighted by Gasteiger charge is 2.74. The molecule has 1 aromatic carbocycles. The van der Waals surface area contributed by atoms with E-state index < -0.39 is 105 Å². The number of nitrogens with zero attached hydrogens (tertiary/aromatic N) is 2. The Kier molecular flexibility index (Phi) is 12.8. The lowest BCUT2D eigenvalue weighted by molar-refractivity contribution is -0.244. The Morgan fingerprint density at radius 1 is 0.945 bits per heavy atom. The maximum absolute atomic E-state index is 14.1. The zero-order valence-corrected chi connectivity index (χ0v) is 33.0. The number of likely N-dealkylation sites (N-methyl/N-ethyl adjacent to an activating group) is 1. The number of carbonyl (C=O) groups excluding carboxylic acids is 7. The fourth-order valence-electron chi connectivity index (χ4n) is 6.37. The minimum atomic E-state index is -4.91. The van der Waals surface area contributed by atoms with Crippen molar-refractivity contribution in [2.75, 3.05) is 27.2 Å². The van der Waals surface area contributed by atoms with Gasteiger partial charge in [-0.05, 0) is 37.2 Å². The molecule has 1 heterocycles. The highest BCUT2D eigenvalue weighted by Crippen LogP contribution is 2.65. The standard InChI is InChI=1S/C36H47Cl2F3N6O8/c1-33(2,3)27(45-32(54)55-34(4,5)36(39,40)41)31(53)47-17-20-23(35(20,37)38)25(47)28(50)43-21(15-18-13-14-18)26(49)29(51)42-16-22(48)44-24(30(52)46(6)7)19-11-9-8-10-12-19/h8-12,18,20-21,23-25,27H,13-17H2,1-7H3,(H,42,51)(H,43,50)(H,44,48)(H,45,54)/t20-,21-,23-,24?,25-,27+/m0/s1. The molecular weight excluding hydrogens is 772 g/mol. The van der Waals surface area contributed by atoms with Gasteiger partial charge in [-0.1, -0.05) is 63.9 Å².